The van der Waals surface area contributed by atoms with Crippen molar-refractivity contribution in [2.45, 2.75) is 18.7 Å². The number of rotatable bonds is 6. The van der Waals surface area contributed by atoms with E-state index in [4.69, 9.17) is 0 Å². The smallest absolute Gasteiger partial charge is 0.262 e. The number of sulfonamides is 1. The third-order valence-electron chi connectivity index (χ3n) is 4.81. The predicted octanol–water partition coefficient (Wildman–Crippen LogP) is 4.06. The molecule has 0 radical (unpaired) electrons. The van der Waals surface area contributed by atoms with Crippen molar-refractivity contribution in [1.82, 2.24) is 4.90 Å². The van der Waals surface area contributed by atoms with Crippen LogP contribution >= 0.6 is 0 Å². The number of aryl methyl sites for hydroxylation is 2. The monoisotopic (exact) mass is 451 g/mol. The minimum absolute atomic E-state index is 0.165. The first-order valence-corrected chi connectivity index (χ1v) is 11.4. The fraction of sp³-hybridized carbons (Fsp3) is 0.167. The summed E-state index contributed by atoms with van der Waals surface area (Å²) in [5.41, 5.74) is 3.14. The molecule has 3 aromatic rings. The molecule has 0 heterocycles. The molecular formula is C24H25N3O4S. The Balaban J connectivity index is 1.73. The summed E-state index contributed by atoms with van der Waals surface area (Å²) in [5.74, 6) is -0.537. The Bertz CT molecular complexity index is 1270. The first-order chi connectivity index (χ1) is 15.1. The molecule has 3 aromatic carbocycles. The minimum atomic E-state index is -3.75. The van der Waals surface area contributed by atoms with E-state index < -0.39 is 10.0 Å². The lowest BCUT2D eigenvalue weighted by molar-refractivity contribution is 0.0827. The van der Waals surface area contributed by atoms with Gasteiger partial charge in [-0.3, -0.25) is 14.3 Å². The molecule has 166 valence electrons. The van der Waals surface area contributed by atoms with E-state index in [1.54, 1.807) is 57.4 Å². The molecular weight excluding hydrogens is 426 g/mol. The maximum atomic E-state index is 12.7. The highest BCUT2D eigenvalue weighted by Crippen LogP contribution is 2.21. The van der Waals surface area contributed by atoms with Gasteiger partial charge in [0.1, 0.15) is 0 Å². The van der Waals surface area contributed by atoms with Crippen LogP contribution in [0.2, 0.25) is 0 Å². The molecule has 0 aromatic heterocycles. The van der Waals surface area contributed by atoms with Crippen molar-refractivity contribution in [3.63, 3.8) is 0 Å². The van der Waals surface area contributed by atoms with Gasteiger partial charge in [-0.15, -0.1) is 0 Å². The van der Waals surface area contributed by atoms with Crippen LogP contribution in [-0.2, 0) is 10.0 Å². The van der Waals surface area contributed by atoms with E-state index in [1.807, 2.05) is 13.0 Å². The highest BCUT2D eigenvalue weighted by atomic mass is 32.2. The van der Waals surface area contributed by atoms with Gasteiger partial charge < -0.3 is 10.2 Å². The lowest BCUT2D eigenvalue weighted by atomic mass is 10.1. The molecule has 0 bridgehead atoms. The second-order valence-corrected chi connectivity index (χ2v) is 9.34. The lowest BCUT2D eigenvalue weighted by Gasteiger charge is -2.12. The first-order valence-electron chi connectivity index (χ1n) is 9.90. The SMILES string of the molecule is Cc1ccc(C)c(S(=O)(=O)Nc2ccc(C(=O)Nc3cccc(C(=O)N(C)C)c3)cc2)c1. The number of amides is 2. The standard InChI is InChI=1S/C24H25N3O4S/c1-16-8-9-17(2)22(14-16)32(30,31)26-20-12-10-18(11-13-20)23(28)25-21-7-5-6-19(15-21)24(29)27(3)4/h5-15,26H,1-4H3,(H,25,28). The average molecular weight is 452 g/mol. The van der Waals surface area contributed by atoms with E-state index in [0.717, 1.165) is 5.56 Å². The summed E-state index contributed by atoms with van der Waals surface area (Å²) < 4.78 is 28.0. The third kappa shape index (κ3) is 5.33. The third-order valence-corrected chi connectivity index (χ3v) is 6.33. The van der Waals surface area contributed by atoms with E-state index >= 15 is 0 Å². The summed E-state index contributed by atoms with van der Waals surface area (Å²) in [7, 11) is -0.442. The van der Waals surface area contributed by atoms with Crippen molar-refractivity contribution >= 4 is 33.2 Å². The van der Waals surface area contributed by atoms with Crippen molar-refractivity contribution in [2.75, 3.05) is 24.1 Å². The Hall–Kier alpha value is -3.65. The second kappa shape index (κ2) is 9.23. The fourth-order valence-corrected chi connectivity index (χ4v) is 4.48. The van der Waals surface area contributed by atoms with Crippen LogP contribution in [0, 0.1) is 13.8 Å². The van der Waals surface area contributed by atoms with Crippen molar-refractivity contribution < 1.29 is 18.0 Å². The predicted molar refractivity (Wildman–Crippen MR) is 126 cm³/mol. The largest absolute Gasteiger partial charge is 0.345 e. The Morgan fingerprint density at radius 3 is 2.16 bits per heavy atom. The summed E-state index contributed by atoms with van der Waals surface area (Å²) in [4.78, 5) is 26.4. The second-order valence-electron chi connectivity index (χ2n) is 7.69. The molecule has 7 nitrogen and oxygen atoms in total. The summed E-state index contributed by atoms with van der Waals surface area (Å²) in [6, 6.07) is 18.0. The number of anilines is 2. The van der Waals surface area contributed by atoms with Gasteiger partial charge in [-0.25, -0.2) is 8.42 Å². The number of carbonyl (C=O) groups excluding carboxylic acids is 2. The van der Waals surface area contributed by atoms with Crippen LogP contribution in [0.25, 0.3) is 0 Å². The van der Waals surface area contributed by atoms with Gasteiger partial charge in [0.15, 0.2) is 0 Å². The van der Waals surface area contributed by atoms with Gasteiger partial charge in [-0.2, -0.15) is 0 Å². The minimum Gasteiger partial charge on any atom is -0.345 e. The van der Waals surface area contributed by atoms with Crippen molar-refractivity contribution in [1.29, 1.82) is 0 Å². The van der Waals surface area contributed by atoms with Gasteiger partial charge in [0.25, 0.3) is 21.8 Å². The number of nitrogens with one attached hydrogen (secondary N) is 2. The molecule has 0 unspecified atom stereocenters. The van der Waals surface area contributed by atoms with Gasteiger partial charge in [0, 0.05) is 36.6 Å². The number of carbonyl (C=O) groups is 2. The summed E-state index contributed by atoms with van der Waals surface area (Å²) in [6.07, 6.45) is 0. The van der Waals surface area contributed by atoms with E-state index in [1.165, 1.54) is 29.2 Å². The molecule has 0 aliphatic carbocycles. The molecule has 8 heteroatoms. The molecule has 0 aliphatic heterocycles. The molecule has 2 N–H and O–H groups in total. The number of benzene rings is 3. The highest BCUT2D eigenvalue weighted by Gasteiger charge is 2.17. The van der Waals surface area contributed by atoms with Crippen molar-refractivity contribution in [3.05, 3.63) is 89.0 Å². The zero-order valence-electron chi connectivity index (χ0n) is 18.3. The number of nitrogens with zero attached hydrogens (tertiary/aromatic N) is 1. The van der Waals surface area contributed by atoms with Crippen LogP contribution in [0.3, 0.4) is 0 Å². The topological polar surface area (TPSA) is 95.6 Å². The van der Waals surface area contributed by atoms with Crippen LogP contribution in [0.4, 0.5) is 11.4 Å². The first kappa shape index (κ1) is 23.0. The Kier molecular flexibility index (Phi) is 6.64. The molecule has 0 atom stereocenters. The van der Waals surface area contributed by atoms with Gasteiger partial charge >= 0.3 is 0 Å². The van der Waals surface area contributed by atoms with E-state index in [-0.39, 0.29) is 16.7 Å². The van der Waals surface area contributed by atoms with Crippen LogP contribution in [0.5, 0.6) is 0 Å². The summed E-state index contributed by atoms with van der Waals surface area (Å²) in [5, 5.41) is 2.75. The average Bonchev–Trinajstić information content (AvgIpc) is 2.75. The van der Waals surface area contributed by atoms with Crippen LogP contribution in [-0.4, -0.2) is 39.2 Å². The van der Waals surface area contributed by atoms with E-state index in [9.17, 15) is 18.0 Å². The van der Waals surface area contributed by atoms with Gasteiger partial charge in [-0.05, 0) is 73.5 Å². The van der Waals surface area contributed by atoms with Crippen LogP contribution in [0.15, 0.2) is 71.6 Å². The zero-order chi connectivity index (χ0) is 23.5. The van der Waals surface area contributed by atoms with Crippen molar-refractivity contribution in [2.24, 2.45) is 0 Å². The molecule has 0 spiro atoms. The van der Waals surface area contributed by atoms with Crippen molar-refractivity contribution in [3.8, 4) is 0 Å². The maximum absolute atomic E-state index is 12.7. The molecule has 0 saturated heterocycles. The molecule has 0 fully saturated rings. The van der Waals surface area contributed by atoms with Crippen LogP contribution in [0.1, 0.15) is 31.8 Å². The molecule has 0 saturated carbocycles. The lowest BCUT2D eigenvalue weighted by Crippen LogP contribution is -2.22. The van der Waals surface area contributed by atoms with Crippen LogP contribution < -0.4 is 10.0 Å². The molecule has 2 amide bonds. The highest BCUT2D eigenvalue weighted by molar-refractivity contribution is 7.92. The maximum Gasteiger partial charge on any atom is 0.262 e. The molecule has 3 rings (SSSR count). The Morgan fingerprint density at radius 2 is 1.50 bits per heavy atom. The van der Waals surface area contributed by atoms with Gasteiger partial charge in [0.05, 0.1) is 4.90 Å². The number of hydrogen-bond acceptors (Lipinski definition) is 4. The van der Waals surface area contributed by atoms with Gasteiger partial charge in [-0.1, -0.05) is 18.2 Å². The molecule has 0 aliphatic rings. The zero-order valence-corrected chi connectivity index (χ0v) is 19.2. The summed E-state index contributed by atoms with van der Waals surface area (Å²) >= 11 is 0. The number of hydrogen-bond donors (Lipinski definition) is 2. The van der Waals surface area contributed by atoms with E-state index in [0.29, 0.717) is 28.1 Å². The Morgan fingerprint density at radius 1 is 0.812 bits per heavy atom. The van der Waals surface area contributed by atoms with Gasteiger partial charge in [0.2, 0.25) is 0 Å². The van der Waals surface area contributed by atoms with E-state index in [2.05, 4.69) is 10.0 Å². The summed E-state index contributed by atoms with van der Waals surface area (Å²) in [6.45, 7) is 3.57. The normalized spacial score (nSPS) is 11.0. The fourth-order valence-electron chi connectivity index (χ4n) is 3.09. The molecule has 32 heavy (non-hydrogen) atoms. The quantitative estimate of drug-likeness (QED) is 0.591. The Labute approximate surface area is 188 Å².